The fourth-order valence-corrected chi connectivity index (χ4v) is 2.40. The summed E-state index contributed by atoms with van der Waals surface area (Å²) < 4.78 is 0. The lowest BCUT2D eigenvalue weighted by molar-refractivity contribution is 0.0788. The van der Waals surface area contributed by atoms with Crippen molar-refractivity contribution in [3.63, 3.8) is 0 Å². The van der Waals surface area contributed by atoms with Gasteiger partial charge in [-0.25, -0.2) is 0 Å². The van der Waals surface area contributed by atoms with Gasteiger partial charge < -0.3 is 10.0 Å². The number of carbonyl (C=O) groups excluding carboxylic acids is 1. The second-order valence-electron chi connectivity index (χ2n) is 4.23. The van der Waals surface area contributed by atoms with Gasteiger partial charge in [0.1, 0.15) is 5.75 Å². The van der Waals surface area contributed by atoms with Crippen LogP contribution >= 0.6 is 23.2 Å². The monoisotopic (exact) mass is 273 g/mol. The second kappa shape index (κ2) is 5.15. The minimum atomic E-state index is -0.0560. The molecular weight excluding hydrogens is 261 g/mol. The molecule has 0 aromatic heterocycles. The van der Waals surface area contributed by atoms with E-state index in [9.17, 15) is 9.90 Å². The smallest absolute Gasteiger partial charge is 0.253 e. The fourth-order valence-electron chi connectivity index (χ4n) is 1.97. The molecule has 2 rings (SSSR count). The topological polar surface area (TPSA) is 40.5 Å². The average Bonchev–Trinajstić information content (AvgIpc) is 2.80. The molecule has 1 aromatic carbocycles. The van der Waals surface area contributed by atoms with E-state index in [0.29, 0.717) is 23.9 Å². The number of amides is 1. The van der Waals surface area contributed by atoms with Crippen molar-refractivity contribution < 1.29 is 9.90 Å². The van der Waals surface area contributed by atoms with Crippen LogP contribution in [0.1, 0.15) is 16.8 Å². The average molecular weight is 274 g/mol. The summed E-state index contributed by atoms with van der Waals surface area (Å²) in [6, 6.07) is 4.51. The Bertz CT molecular complexity index is 437. The molecule has 3 nitrogen and oxygen atoms in total. The first-order chi connectivity index (χ1) is 8.11. The zero-order valence-corrected chi connectivity index (χ0v) is 10.7. The van der Waals surface area contributed by atoms with E-state index in [2.05, 4.69) is 0 Å². The van der Waals surface area contributed by atoms with Crippen LogP contribution in [0.2, 0.25) is 5.02 Å². The highest BCUT2D eigenvalue weighted by Crippen LogP contribution is 2.26. The molecule has 1 aromatic rings. The van der Waals surface area contributed by atoms with Crippen LogP contribution in [0.5, 0.6) is 5.75 Å². The van der Waals surface area contributed by atoms with Crippen LogP contribution in [0.3, 0.4) is 0 Å². The van der Waals surface area contributed by atoms with Crippen molar-refractivity contribution in [3.8, 4) is 5.75 Å². The molecule has 1 N–H and O–H groups in total. The molecule has 5 heteroatoms. The first-order valence-corrected chi connectivity index (χ1v) is 6.37. The number of aromatic hydroxyl groups is 1. The molecule has 1 atom stereocenters. The maximum Gasteiger partial charge on any atom is 0.253 e. The molecule has 1 aliphatic rings. The largest absolute Gasteiger partial charge is 0.506 e. The van der Waals surface area contributed by atoms with Crippen molar-refractivity contribution in [2.45, 2.75) is 6.42 Å². The Morgan fingerprint density at radius 2 is 2.29 bits per heavy atom. The predicted octanol–water partition coefficient (Wildman–Crippen LogP) is 2.75. The third-order valence-corrected chi connectivity index (χ3v) is 3.73. The number of halogens is 2. The second-order valence-corrected chi connectivity index (χ2v) is 4.94. The number of rotatable bonds is 2. The SMILES string of the molecule is O=C(c1ccc(O)c(Cl)c1)N1CCC(CCl)C1. The molecule has 0 radical (unpaired) electrons. The highest BCUT2D eigenvalue weighted by atomic mass is 35.5. The van der Waals surface area contributed by atoms with Crippen molar-refractivity contribution in [2.24, 2.45) is 5.92 Å². The summed E-state index contributed by atoms with van der Waals surface area (Å²) in [5, 5.41) is 9.49. The zero-order valence-electron chi connectivity index (χ0n) is 9.20. The predicted molar refractivity (Wildman–Crippen MR) is 67.8 cm³/mol. The highest BCUT2D eigenvalue weighted by molar-refractivity contribution is 6.32. The standard InChI is InChI=1S/C12H13Cl2NO2/c13-6-8-3-4-15(7-8)12(17)9-1-2-11(16)10(14)5-9/h1-2,5,8,16H,3-4,6-7H2. The lowest BCUT2D eigenvalue weighted by Gasteiger charge is -2.16. The Morgan fingerprint density at radius 3 is 2.88 bits per heavy atom. The molecule has 1 unspecified atom stereocenters. The Balaban J connectivity index is 2.12. The van der Waals surface area contributed by atoms with Gasteiger partial charge in [0.25, 0.3) is 5.91 Å². The Labute approximate surface area is 110 Å². The highest BCUT2D eigenvalue weighted by Gasteiger charge is 2.26. The van der Waals surface area contributed by atoms with E-state index >= 15 is 0 Å². The van der Waals surface area contributed by atoms with Crippen LogP contribution in [0, 0.1) is 5.92 Å². The van der Waals surface area contributed by atoms with Crippen LogP contribution in [0.25, 0.3) is 0 Å². The van der Waals surface area contributed by atoms with Gasteiger partial charge in [0, 0.05) is 24.5 Å². The van der Waals surface area contributed by atoms with Crippen LogP contribution in [-0.4, -0.2) is 34.9 Å². The number of phenolic OH excluding ortho intramolecular Hbond substituents is 1. The van der Waals surface area contributed by atoms with Crippen molar-refractivity contribution in [1.29, 1.82) is 0 Å². The van der Waals surface area contributed by atoms with Crippen LogP contribution in [0.4, 0.5) is 0 Å². The number of phenols is 1. The first kappa shape index (κ1) is 12.5. The van der Waals surface area contributed by atoms with E-state index in [1.54, 1.807) is 11.0 Å². The molecule has 1 amide bonds. The van der Waals surface area contributed by atoms with Crippen LogP contribution < -0.4 is 0 Å². The quantitative estimate of drug-likeness (QED) is 0.842. The molecule has 0 aliphatic carbocycles. The molecule has 0 bridgehead atoms. The summed E-state index contributed by atoms with van der Waals surface area (Å²) in [6.07, 6.45) is 0.945. The van der Waals surface area contributed by atoms with E-state index in [-0.39, 0.29) is 16.7 Å². The van der Waals surface area contributed by atoms with Crippen LogP contribution in [-0.2, 0) is 0 Å². The van der Waals surface area contributed by atoms with Crippen molar-refractivity contribution in [2.75, 3.05) is 19.0 Å². The number of hydrogen-bond acceptors (Lipinski definition) is 2. The van der Waals surface area contributed by atoms with Gasteiger partial charge in [-0.05, 0) is 30.5 Å². The first-order valence-electron chi connectivity index (χ1n) is 5.45. The molecular formula is C12H13Cl2NO2. The minimum Gasteiger partial charge on any atom is -0.506 e. The van der Waals surface area contributed by atoms with Gasteiger partial charge >= 0.3 is 0 Å². The summed E-state index contributed by atoms with van der Waals surface area (Å²) in [7, 11) is 0. The number of hydrogen-bond donors (Lipinski definition) is 1. The summed E-state index contributed by atoms with van der Waals surface area (Å²) >= 11 is 11.6. The van der Waals surface area contributed by atoms with E-state index in [1.165, 1.54) is 12.1 Å². The van der Waals surface area contributed by atoms with Crippen molar-refractivity contribution in [1.82, 2.24) is 4.90 Å². The molecule has 17 heavy (non-hydrogen) atoms. The van der Waals surface area contributed by atoms with Gasteiger partial charge in [0.05, 0.1) is 5.02 Å². The van der Waals surface area contributed by atoms with Gasteiger partial charge in [0.15, 0.2) is 0 Å². The Kier molecular flexibility index (Phi) is 3.79. The third kappa shape index (κ3) is 2.67. The van der Waals surface area contributed by atoms with E-state index in [1.807, 2.05) is 0 Å². The van der Waals surface area contributed by atoms with E-state index in [4.69, 9.17) is 23.2 Å². The van der Waals surface area contributed by atoms with Gasteiger partial charge in [-0.2, -0.15) is 0 Å². The number of benzene rings is 1. The summed E-state index contributed by atoms with van der Waals surface area (Å²) in [6.45, 7) is 1.43. The van der Waals surface area contributed by atoms with Gasteiger partial charge in [-0.3, -0.25) is 4.79 Å². The molecule has 1 aliphatic heterocycles. The number of carbonyl (C=O) groups is 1. The Morgan fingerprint density at radius 1 is 1.53 bits per heavy atom. The molecule has 0 spiro atoms. The summed E-state index contributed by atoms with van der Waals surface area (Å²) in [4.78, 5) is 13.9. The zero-order chi connectivity index (χ0) is 12.4. The molecule has 1 heterocycles. The third-order valence-electron chi connectivity index (χ3n) is 2.99. The maximum absolute atomic E-state index is 12.1. The molecule has 1 saturated heterocycles. The van der Waals surface area contributed by atoms with Crippen molar-refractivity contribution in [3.05, 3.63) is 28.8 Å². The number of alkyl halides is 1. The minimum absolute atomic E-state index is 0.0109. The normalized spacial score (nSPS) is 19.6. The van der Waals surface area contributed by atoms with Crippen molar-refractivity contribution >= 4 is 29.1 Å². The summed E-state index contributed by atoms with van der Waals surface area (Å²) in [5.74, 6) is 0.899. The van der Waals surface area contributed by atoms with Gasteiger partial charge in [0.2, 0.25) is 0 Å². The molecule has 0 saturated carbocycles. The van der Waals surface area contributed by atoms with E-state index < -0.39 is 0 Å². The maximum atomic E-state index is 12.1. The number of nitrogens with zero attached hydrogens (tertiary/aromatic N) is 1. The van der Waals surface area contributed by atoms with Crippen LogP contribution in [0.15, 0.2) is 18.2 Å². The van der Waals surface area contributed by atoms with Gasteiger partial charge in [-0.15, -0.1) is 11.6 Å². The fraction of sp³-hybridized carbons (Fsp3) is 0.417. The summed E-state index contributed by atoms with van der Waals surface area (Å²) in [5.41, 5.74) is 0.503. The lowest BCUT2D eigenvalue weighted by Crippen LogP contribution is -2.28. The number of likely N-dealkylation sites (tertiary alicyclic amines) is 1. The lowest BCUT2D eigenvalue weighted by atomic mass is 10.1. The molecule has 92 valence electrons. The van der Waals surface area contributed by atoms with E-state index in [0.717, 1.165) is 13.0 Å². The Hall–Kier alpha value is -0.930. The van der Waals surface area contributed by atoms with Gasteiger partial charge in [-0.1, -0.05) is 11.6 Å². The molecule has 1 fully saturated rings.